The van der Waals surface area contributed by atoms with E-state index in [-0.39, 0.29) is 11.3 Å². The van der Waals surface area contributed by atoms with Crippen LogP contribution in [0.5, 0.6) is 0 Å². The van der Waals surface area contributed by atoms with Crippen LogP contribution < -0.4 is 11.1 Å². The monoisotopic (exact) mass is 268 g/mol. The molecular formula is C17H20N2O. The Morgan fingerprint density at radius 3 is 2.60 bits per heavy atom. The van der Waals surface area contributed by atoms with Gasteiger partial charge in [0.2, 0.25) is 5.91 Å². The van der Waals surface area contributed by atoms with Crippen molar-refractivity contribution in [2.75, 3.05) is 6.54 Å². The first-order valence-electron chi connectivity index (χ1n) is 7.20. The zero-order valence-corrected chi connectivity index (χ0v) is 11.6. The predicted molar refractivity (Wildman–Crippen MR) is 81.1 cm³/mol. The highest BCUT2D eigenvalue weighted by Gasteiger charge is 2.42. The summed E-state index contributed by atoms with van der Waals surface area (Å²) in [6.45, 7) is 1.02. The summed E-state index contributed by atoms with van der Waals surface area (Å²) in [7, 11) is 0. The Morgan fingerprint density at radius 2 is 1.90 bits per heavy atom. The molecule has 2 aromatic rings. The van der Waals surface area contributed by atoms with Gasteiger partial charge in [-0.15, -0.1) is 0 Å². The Kier molecular flexibility index (Phi) is 3.45. The SMILES string of the molecule is NCC1(C(=O)NCc2cccc3ccccc23)CCC1. The smallest absolute Gasteiger partial charge is 0.227 e. The number of hydrogen-bond donors (Lipinski definition) is 2. The van der Waals surface area contributed by atoms with Crippen molar-refractivity contribution in [2.24, 2.45) is 11.1 Å². The third kappa shape index (κ3) is 2.18. The molecule has 3 nitrogen and oxygen atoms in total. The molecule has 1 aliphatic carbocycles. The number of carbonyl (C=O) groups is 1. The third-order valence-electron chi connectivity index (χ3n) is 4.50. The van der Waals surface area contributed by atoms with Crippen LogP contribution in [0.15, 0.2) is 42.5 Å². The molecule has 0 spiro atoms. The molecule has 1 fully saturated rings. The van der Waals surface area contributed by atoms with E-state index in [9.17, 15) is 4.79 Å². The van der Waals surface area contributed by atoms with E-state index in [1.54, 1.807) is 0 Å². The second-order valence-corrected chi connectivity index (χ2v) is 5.66. The van der Waals surface area contributed by atoms with Crippen LogP contribution in [-0.2, 0) is 11.3 Å². The number of fused-ring (bicyclic) bond motifs is 1. The molecule has 0 radical (unpaired) electrons. The lowest BCUT2D eigenvalue weighted by Gasteiger charge is -2.39. The normalized spacial score (nSPS) is 16.6. The topological polar surface area (TPSA) is 55.1 Å². The molecule has 0 heterocycles. The number of nitrogens with two attached hydrogens (primary N) is 1. The maximum atomic E-state index is 12.3. The lowest BCUT2D eigenvalue weighted by atomic mass is 9.68. The van der Waals surface area contributed by atoms with Gasteiger partial charge in [-0.05, 0) is 29.2 Å². The number of rotatable bonds is 4. The highest BCUT2D eigenvalue weighted by molar-refractivity contribution is 5.87. The molecule has 0 unspecified atom stereocenters. The van der Waals surface area contributed by atoms with E-state index < -0.39 is 0 Å². The summed E-state index contributed by atoms with van der Waals surface area (Å²) < 4.78 is 0. The Hall–Kier alpha value is -1.87. The van der Waals surface area contributed by atoms with Crippen LogP contribution in [0.2, 0.25) is 0 Å². The molecule has 0 bridgehead atoms. The average Bonchev–Trinajstić information content (AvgIpc) is 2.44. The van der Waals surface area contributed by atoms with E-state index in [0.29, 0.717) is 13.1 Å². The number of nitrogens with one attached hydrogen (secondary N) is 1. The highest BCUT2D eigenvalue weighted by atomic mass is 16.2. The van der Waals surface area contributed by atoms with Crippen molar-refractivity contribution in [3.8, 4) is 0 Å². The van der Waals surface area contributed by atoms with Gasteiger partial charge < -0.3 is 11.1 Å². The van der Waals surface area contributed by atoms with Gasteiger partial charge in [-0.25, -0.2) is 0 Å². The van der Waals surface area contributed by atoms with Gasteiger partial charge in [0.1, 0.15) is 0 Å². The van der Waals surface area contributed by atoms with E-state index in [2.05, 4.69) is 29.6 Å². The predicted octanol–water partition coefficient (Wildman–Crippen LogP) is 2.59. The molecule has 3 heteroatoms. The van der Waals surface area contributed by atoms with Crippen LogP contribution in [0.3, 0.4) is 0 Å². The van der Waals surface area contributed by atoms with E-state index in [0.717, 1.165) is 24.8 Å². The number of benzene rings is 2. The molecule has 20 heavy (non-hydrogen) atoms. The van der Waals surface area contributed by atoms with E-state index in [1.165, 1.54) is 10.8 Å². The second-order valence-electron chi connectivity index (χ2n) is 5.66. The van der Waals surface area contributed by atoms with Gasteiger partial charge in [-0.2, -0.15) is 0 Å². The van der Waals surface area contributed by atoms with Crippen LogP contribution >= 0.6 is 0 Å². The van der Waals surface area contributed by atoms with Crippen LogP contribution in [0.1, 0.15) is 24.8 Å². The summed E-state index contributed by atoms with van der Waals surface area (Å²) in [5.41, 5.74) is 6.62. The molecule has 1 saturated carbocycles. The first kappa shape index (κ1) is 13.1. The lowest BCUT2D eigenvalue weighted by molar-refractivity contribution is -0.135. The van der Waals surface area contributed by atoms with Gasteiger partial charge >= 0.3 is 0 Å². The van der Waals surface area contributed by atoms with Gasteiger partial charge in [0.25, 0.3) is 0 Å². The molecule has 0 aliphatic heterocycles. The molecule has 104 valence electrons. The Labute approximate surface area is 119 Å². The summed E-state index contributed by atoms with van der Waals surface area (Å²) >= 11 is 0. The maximum absolute atomic E-state index is 12.3. The number of hydrogen-bond acceptors (Lipinski definition) is 2. The van der Waals surface area contributed by atoms with Crippen molar-refractivity contribution < 1.29 is 4.79 Å². The largest absolute Gasteiger partial charge is 0.351 e. The average molecular weight is 268 g/mol. The lowest BCUT2D eigenvalue weighted by Crippen LogP contribution is -2.50. The summed E-state index contributed by atoms with van der Waals surface area (Å²) in [5.74, 6) is 0.110. The first-order valence-corrected chi connectivity index (χ1v) is 7.20. The van der Waals surface area contributed by atoms with Crippen LogP contribution in [0.4, 0.5) is 0 Å². The number of amides is 1. The summed E-state index contributed by atoms with van der Waals surface area (Å²) in [6.07, 6.45) is 2.95. The minimum absolute atomic E-state index is 0.110. The van der Waals surface area contributed by atoms with Gasteiger partial charge in [0, 0.05) is 13.1 Å². The van der Waals surface area contributed by atoms with Crippen LogP contribution in [0, 0.1) is 5.41 Å². The molecule has 2 aromatic carbocycles. The van der Waals surface area contributed by atoms with Gasteiger partial charge in [-0.1, -0.05) is 48.9 Å². The fourth-order valence-corrected chi connectivity index (χ4v) is 2.94. The van der Waals surface area contributed by atoms with E-state index >= 15 is 0 Å². The zero-order chi connectivity index (χ0) is 14.0. The molecule has 3 rings (SSSR count). The Bertz CT molecular complexity index is 621. The highest BCUT2D eigenvalue weighted by Crippen LogP contribution is 2.40. The molecule has 0 saturated heterocycles. The Morgan fingerprint density at radius 1 is 1.15 bits per heavy atom. The van der Waals surface area contributed by atoms with Crippen molar-refractivity contribution in [3.63, 3.8) is 0 Å². The van der Waals surface area contributed by atoms with Gasteiger partial charge in [0.15, 0.2) is 0 Å². The van der Waals surface area contributed by atoms with Crippen molar-refractivity contribution in [3.05, 3.63) is 48.0 Å². The van der Waals surface area contributed by atoms with Crippen molar-refractivity contribution >= 4 is 16.7 Å². The molecule has 1 aliphatic rings. The molecule has 1 amide bonds. The number of carbonyl (C=O) groups excluding carboxylic acids is 1. The molecule has 0 atom stereocenters. The molecular weight excluding hydrogens is 248 g/mol. The minimum atomic E-state index is -0.301. The standard InChI is InChI=1S/C17H20N2O/c18-12-17(9-4-10-17)16(20)19-11-14-7-3-6-13-5-1-2-8-15(13)14/h1-3,5-8H,4,9-12,18H2,(H,19,20). The van der Waals surface area contributed by atoms with Crippen LogP contribution in [0.25, 0.3) is 10.8 Å². The quantitative estimate of drug-likeness (QED) is 0.895. The zero-order valence-electron chi connectivity index (χ0n) is 11.6. The second kappa shape index (κ2) is 5.25. The van der Waals surface area contributed by atoms with Gasteiger partial charge in [-0.3, -0.25) is 4.79 Å². The first-order chi connectivity index (χ1) is 9.75. The Balaban J connectivity index is 1.76. The van der Waals surface area contributed by atoms with Crippen LogP contribution in [-0.4, -0.2) is 12.5 Å². The fourth-order valence-electron chi connectivity index (χ4n) is 2.94. The summed E-state index contributed by atoms with van der Waals surface area (Å²) in [6, 6.07) is 14.4. The van der Waals surface area contributed by atoms with E-state index in [1.807, 2.05) is 18.2 Å². The third-order valence-corrected chi connectivity index (χ3v) is 4.50. The maximum Gasteiger partial charge on any atom is 0.227 e. The van der Waals surface area contributed by atoms with Crippen molar-refractivity contribution in [1.82, 2.24) is 5.32 Å². The van der Waals surface area contributed by atoms with E-state index in [4.69, 9.17) is 5.73 Å². The minimum Gasteiger partial charge on any atom is -0.351 e. The fraction of sp³-hybridized carbons (Fsp3) is 0.353. The molecule has 0 aromatic heterocycles. The van der Waals surface area contributed by atoms with Crippen molar-refractivity contribution in [2.45, 2.75) is 25.8 Å². The molecule has 3 N–H and O–H groups in total. The summed E-state index contributed by atoms with van der Waals surface area (Å²) in [5, 5.41) is 5.47. The van der Waals surface area contributed by atoms with Crippen molar-refractivity contribution in [1.29, 1.82) is 0 Å². The van der Waals surface area contributed by atoms with Gasteiger partial charge in [0.05, 0.1) is 5.41 Å². The summed E-state index contributed by atoms with van der Waals surface area (Å²) in [4.78, 5) is 12.3.